The molecule has 0 aliphatic carbocycles. The van der Waals surface area contributed by atoms with E-state index < -0.39 is 18.0 Å². The van der Waals surface area contributed by atoms with Gasteiger partial charge in [-0.2, -0.15) is 0 Å². The van der Waals surface area contributed by atoms with Crippen LogP contribution in [0, 0.1) is 5.92 Å². The number of carboxylic acids is 1. The van der Waals surface area contributed by atoms with Crippen molar-refractivity contribution < 1.29 is 24.6 Å². The summed E-state index contributed by atoms with van der Waals surface area (Å²) in [5.74, 6) is -1.57. The molecule has 0 radical (unpaired) electrons. The molecule has 7 nitrogen and oxygen atoms in total. The van der Waals surface area contributed by atoms with Crippen molar-refractivity contribution in [3.05, 3.63) is 10.6 Å². The number of carbonyl (C=O) groups is 3. The molecule has 0 spiro atoms. The number of carboxylic acid groups (broad SMARTS) is 1. The summed E-state index contributed by atoms with van der Waals surface area (Å²) in [7, 11) is 0. The summed E-state index contributed by atoms with van der Waals surface area (Å²) in [4.78, 5) is 36.0. The molecule has 0 aromatic rings. The Morgan fingerprint density at radius 2 is 2.19 bits per heavy atom. The molecule has 1 saturated heterocycles. The van der Waals surface area contributed by atoms with Crippen LogP contribution in [0.15, 0.2) is 10.6 Å². The van der Waals surface area contributed by atoms with Gasteiger partial charge >= 0.3 is 5.97 Å². The van der Waals surface area contributed by atoms with Gasteiger partial charge in [0.1, 0.15) is 5.70 Å². The van der Waals surface area contributed by atoms with E-state index in [1.807, 2.05) is 0 Å². The zero-order chi connectivity index (χ0) is 15.7. The number of amides is 2. The molecule has 2 aliphatic rings. The van der Waals surface area contributed by atoms with Crippen LogP contribution in [0.4, 0.5) is 0 Å². The first kappa shape index (κ1) is 15.8. The first-order chi connectivity index (χ1) is 9.84. The predicted molar refractivity (Wildman–Crippen MR) is 76.2 cm³/mol. The smallest absolute Gasteiger partial charge is 0.353 e. The maximum Gasteiger partial charge on any atom is 0.353 e. The number of fused-ring (bicyclic) bond motifs is 1. The summed E-state index contributed by atoms with van der Waals surface area (Å²) < 4.78 is 0. The summed E-state index contributed by atoms with van der Waals surface area (Å²) in [6.07, 6.45) is -0.328. The van der Waals surface area contributed by atoms with Gasteiger partial charge in [-0.15, -0.1) is 11.8 Å². The predicted octanol–water partition coefficient (Wildman–Crippen LogP) is -0.237. The minimum atomic E-state index is -1.13. The van der Waals surface area contributed by atoms with Crippen LogP contribution in [-0.4, -0.2) is 57.3 Å². The molecule has 0 aromatic carbocycles. The highest BCUT2D eigenvalue weighted by atomic mass is 32.2. The monoisotopic (exact) mass is 314 g/mol. The highest BCUT2D eigenvalue weighted by Crippen LogP contribution is 2.46. The fraction of sp³-hybridized carbons (Fsp3) is 0.615. The molecule has 2 amide bonds. The van der Waals surface area contributed by atoms with E-state index in [0.717, 1.165) is 0 Å². The van der Waals surface area contributed by atoms with Crippen LogP contribution in [0.25, 0.3) is 0 Å². The topological polar surface area (TPSA) is 107 Å². The lowest BCUT2D eigenvalue weighted by atomic mass is 9.83. The average molecular weight is 314 g/mol. The first-order valence-corrected chi connectivity index (χ1v) is 7.68. The molecular weight excluding hydrogens is 296 g/mol. The number of β-lactam (4-membered cyclic amide) rings is 1. The van der Waals surface area contributed by atoms with Crippen LogP contribution in [0.1, 0.15) is 20.3 Å². The Morgan fingerprint density at radius 3 is 2.71 bits per heavy atom. The van der Waals surface area contributed by atoms with E-state index in [9.17, 15) is 24.6 Å². The molecule has 2 heterocycles. The minimum absolute atomic E-state index is 0.0229. The Labute approximate surface area is 126 Å². The van der Waals surface area contributed by atoms with Gasteiger partial charge in [0, 0.05) is 30.5 Å². The Balaban J connectivity index is 2.04. The molecule has 8 heteroatoms. The van der Waals surface area contributed by atoms with Crippen LogP contribution < -0.4 is 5.32 Å². The van der Waals surface area contributed by atoms with Crippen molar-refractivity contribution >= 4 is 29.5 Å². The van der Waals surface area contributed by atoms with Crippen molar-refractivity contribution in [3.63, 3.8) is 0 Å². The number of nitrogens with zero attached hydrogens (tertiary/aromatic N) is 1. The second-order valence-corrected chi connectivity index (χ2v) is 6.34. The summed E-state index contributed by atoms with van der Waals surface area (Å²) in [5.41, 5.74) is 0.0229. The number of nitrogens with one attached hydrogen (secondary N) is 1. The third kappa shape index (κ3) is 2.91. The summed E-state index contributed by atoms with van der Waals surface area (Å²) >= 11 is 1.33. The van der Waals surface area contributed by atoms with E-state index >= 15 is 0 Å². The third-order valence-electron chi connectivity index (χ3n) is 3.64. The van der Waals surface area contributed by atoms with Gasteiger partial charge in [-0.05, 0) is 6.92 Å². The number of hydrogen-bond donors (Lipinski definition) is 3. The quantitative estimate of drug-likeness (QED) is 0.461. The zero-order valence-corrected chi connectivity index (χ0v) is 12.6. The summed E-state index contributed by atoms with van der Waals surface area (Å²) in [6, 6.07) is -0.258. The number of hydrogen-bond acceptors (Lipinski definition) is 5. The molecular formula is C13H18N2O5S. The normalized spacial score (nSPS) is 25.5. The standard InChI is InChI=1S/C13H18N2O5S/c1-6(16)10-8-5-9(21-4-3-14-7(2)17)11(13(19)20)15(8)12(10)18/h6,8,10,16H,3-5H2,1-2H3,(H,14,17)(H,19,20)/t6-,8+,10+/m0/s1. The number of aliphatic hydroxyl groups is 1. The van der Waals surface area contributed by atoms with Crippen LogP contribution in [0.2, 0.25) is 0 Å². The number of carbonyl (C=O) groups excluding carboxylic acids is 2. The van der Waals surface area contributed by atoms with Gasteiger partial charge in [0.25, 0.3) is 0 Å². The number of thioether (sulfide) groups is 1. The lowest BCUT2D eigenvalue weighted by Gasteiger charge is -2.44. The molecule has 0 aromatic heterocycles. The number of rotatable bonds is 6. The van der Waals surface area contributed by atoms with Gasteiger partial charge in [-0.3, -0.25) is 9.59 Å². The Hall–Kier alpha value is -1.54. The van der Waals surface area contributed by atoms with Gasteiger partial charge in [0.15, 0.2) is 0 Å². The molecule has 3 atom stereocenters. The van der Waals surface area contributed by atoms with Crippen molar-refractivity contribution in [1.29, 1.82) is 0 Å². The van der Waals surface area contributed by atoms with E-state index in [1.165, 1.54) is 23.6 Å². The van der Waals surface area contributed by atoms with E-state index in [0.29, 0.717) is 23.6 Å². The zero-order valence-electron chi connectivity index (χ0n) is 11.8. The molecule has 116 valence electrons. The SMILES string of the molecule is CC(=O)NCCSC1=C(C(=O)O)N2C(=O)[C@H]([C@H](C)O)[C@H]2C1. The fourth-order valence-corrected chi connectivity index (χ4v) is 3.82. The van der Waals surface area contributed by atoms with Crippen LogP contribution in [-0.2, 0) is 14.4 Å². The fourth-order valence-electron chi connectivity index (χ4n) is 2.76. The molecule has 0 saturated carbocycles. The van der Waals surface area contributed by atoms with Gasteiger partial charge < -0.3 is 20.4 Å². The van der Waals surface area contributed by atoms with Gasteiger partial charge in [0.2, 0.25) is 11.8 Å². The molecule has 0 unspecified atom stereocenters. The van der Waals surface area contributed by atoms with E-state index in [-0.39, 0.29) is 23.6 Å². The van der Waals surface area contributed by atoms with E-state index in [4.69, 9.17) is 0 Å². The maximum atomic E-state index is 12.0. The lowest BCUT2D eigenvalue weighted by Crippen LogP contribution is -2.61. The molecule has 0 bridgehead atoms. The van der Waals surface area contributed by atoms with Gasteiger partial charge in [-0.25, -0.2) is 4.79 Å². The largest absolute Gasteiger partial charge is 0.477 e. The van der Waals surface area contributed by atoms with Gasteiger partial charge in [-0.1, -0.05) is 0 Å². The van der Waals surface area contributed by atoms with Crippen molar-refractivity contribution in [1.82, 2.24) is 10.2 Å². The molecule has 21 heavy (non-hydrogen) atoms. The van der Waals surface area contributed by atoms with Crippen LogP contribution >= 0.6 is 11.8 Å². The van der Waals surface area contributed by atoms with Crippen molar-refractivity contribution in [2.24, 2.45) is 5.92 Å². The second-order valence-electron chi connectivity index (χ2n) is 5.15. The highest BCUT2D eigenvalue weighted by molar-refractivity contribution is 8.03. The molecule has 2 aliphatic heterocycles. The van der Waals surface area contributed by atoms with Crippen molar-refractivity contribution in [3.8, 4) is 0 Å². The highest BCUT2D eigenvalue weighted by Gasteiger charge is 2.56. The summed E-state index contributed by atoms with van der Waals surface area (Å²) in [6.45, 7) is 3.40. The van der Waals surface area contributed by atoms with E-state index in [2.05, 4.69) is 5.32 Å². The third-order valence-corrected chi connectivity index (χ3v) is 4.76. The Kier molecular flexibility index (Phi) is 4.58. The van der Waals surface area contributed by atoms with E-state index in [1.54, 1.807) is 6.92 Å². The van der Waals surface area contributed by atoms with Crippen molar-refractivity contribution in [2.75, 3.05) is 12.3 Å². The number of aliphatic hydroxyl groups excluding tert-OH is 1. The molecule has 1 fully saturated rings. The summed E-state index contributed by atoms with van der Waals surface area (Å²) in [5, 5.41) is 21.5. The van der Waals surface area contributed by atoms with Crippen LogP contribution in [0.5, 0.6) is 0 Å². The lowest BCUT2D eigenvalue weighted by molar-refractivity contribution is -0.161. The first-order valence-electron chi connectivity index (χ1n) is 6.69. The molecule has 2 rings (SSSR count). The second kappa shape index (κ2) is 6.07. The molecule has 3 N–H and O–H groups in total. The minimum Gasteiger partial charge on any atom is -0.477 e. The van der Waals surface area contributed by atoms with Crippen LogP contribution in [0.3, 0.4) is 0 Å². The number of aliphatic carboxylic acids is 1. The Bertz CT molecular complexity index is 517. The van der Waals surface area contributed by atoms with Crippen molar-refractivity contribution in [2.45, 2.75) is 32.4 Å². The maximum absolute atomic E-state index is 12.0. The van der Waals surface area contributed by atoms with Gasteiger partial charge in [0.05, 0.1) is 18.1 Å². The Morgan fingerprint density at radius 1 is 1.52 bits per heavy atom. The average Bonchev–Trinajstić information content (AvgIpc) is 2.68.